The number of aliphatic imine (C=N–C) groups is 1. The molecule has 25 heavy (non-hydrogen) atoms. The average molecular weight is 343 g/mol. The number of nitrogens with two attached hydrogens (primary N) is 1. The van der Waals surface area contributed by atoms with E-state index in [9.17, 15) is 13.6 Å². The minimum atomic E-state index is -1.35. The summed E-state index contributed by atoms with van der Waals surface area (Å²) in [6.07, 6.45) is 3.16. The monoisotopic (exact) mass is 343 g/mol. The highest BCUT2D eigenvalue weighted by atomic mass is 19.1. The van der Waals surface area contributed by atoms with E-state index in [-0.39, 0.29) is 11.3 Å². The third kappa shape index (κ3) is 3.58. The fraction of sp³-hybridized carbons (Fsp3) is 0.263. The smallest absolute Gasteiger partial charge is 0.155 e. The van der Waals surface area contributed by atoms with Gasteiger partial charge in [-0.15, -0.1) is 0 Å². The number of halogens is 2. The van der Waals surface area contributed by atoms with E-state index in [4.69, 9.17) is 5.73 Å². The number of alkyl halides is 1. The summed E-state index contributed by atoms with van der Waals surface area (Å²) in [4.78, 5) is 15.2. The van der Waals surface area contributed by atoms with Gasteiger partial charge in [-0.2, -0.15) is 0 Å². The first kappa shape index (κ1) is 17.2. The van der Waals surface area contributed by atoms with Crippen LogP contribution in [0.4, 0.5) is 20.2 Å². The lowest BCUT2D eigenvalue weighted by Gasteiger charge is -2.30. The lowest BCUT2D eigenvalue weighted by molar-refractivity contribution is 0.112. The number of aldehydes is 1. The lowest BCUT2D eigenvalue weighted by atomic mass is 9.88. The molecule has 1 unspecified atom stereocenters. The molecule has 0 aliphatic carbocycles. The standard InChI is InChI=1S/C19H19F2N3O/c20-17-7-2-13(18(22)16(17)11-25)10-24-15-5-3-14(4-6-15)19(21)8-1-9-23-12-19/h2-7,10-11,23H,1,8-9,12,22H2. The number of nitrogens with zero attached hydrogens (tertiary/aromatic N) is 1. The third-order valence-corrected chi connectivity index (χ3v) is 4.45. The van der Waals surface area contributed by atoms with Gasteiger partial charge in [0.2, 0.25) is 0 Å². The molecule has 0 bridgehead atoms. The van der Waals surface area contributed by atoms with Crippen molar-refractivity contribution in [3.63, 3.8) is 0 Å². The number of piperidine rings is 1. The van der Waals surface area contributed by atoms with E-state index in [1.54, 1.807) is 24.3 Å². The van der Waals surface area contributed by atoms with Gasteiger partial charge in [0.25, 0.3) is 0 Å². The topological polar surface area (TPSA) is 67.5 Å². The molecule has 0 saturated carbocycles. The predicted molar refractivity (Wildman–Crippen MR) is 94.8 cm³/mol. The van der Waals surface area contributed by atoms with E-state index in [2.05, 4.69) is 10.3 Å². The van der Waals surface area contributed by atoms with Crippen molar-refractivity contribution in [2.75, 3.05) is 18.8 Å². The van der Waals surface area contributed by atoms with Gasteiger partial charge in [-0.1, -0.05) is 12.1 Å². The highest BCUT2D eigenvalue weighted by molar-refractivity contribution is 5.95. The first-order valence-corrected chi connectivity index (χ1v) is 8.11. The normalized spacial score (nSPS) is 20.7. The third-order valence-electron chi connectivity index (χ3n) is 4.45. The van der Waals surface area contributed by atoms with Crippen molar-refractivity contribution in [2.24, 2.45) is 4.99 Å². The zero-order chi connectivity index (χ0) is 17.9. The Morgan fingerprint density at radius 1 is 1.20 bits per heavy atom. The molecule has 3 rings (SSSR count). The summed E-state index contributed by atoms with van der Waals surface area (Å²) in [7, 11) is 0. The van der Waals surface area contributed by atoms with Gasteiger partial charge in [0.05, 0.1) is 16.9 Å². The molecule has 1 heterocycles. The molecular formula is C19H19F2N3O. The maximum atomic E-state index is 14.9. The number of hydrogen-bond donors (Lipinski definition) is 2. The van der Waals surface area contributed by atoms with Crippen molar-refractivity contribution in [2.45, 2.75) is 18.5 Å². The summed E-state index contributed by atoms with van der Waals surface area (Å²) in [6.45, 7) is 1.16. The molecule has 1 atom stereocenters. The molecule has 0 spiro atoms. The van der Waals surface area contributed by atoms with Crippen LogP contribution in [0.2, 0.25) is 0 Å². The molecule has 6 heteroatoms. The van der Waals surface area contributed by atoms with E-state index in [0.717, 1.165) is 13.0 Å². The van der Waals surface area contributed by atoms with Gasteiger partial charge in [-0.05, 0) is 49.2 Å². The van der Waals surface area contributed by atoms with Crippen LogP contribution >= 0.6 is 0 Å². The molecule has 1 aliphatic rings. The van der Waals surface area contributed by atoms with Crippen molar-refractivity contribution in [3.05, 3.63) is 58.9 Å². The van der Waals surface area contributed by atoms with Crippen molar-refractivity contribution >= 4 is 23.9 Å². The first-order valence-electron chi connectivity index (χ1n) is 8.11. The van der Waals surface area contributed by atoms with E-state index < -0.39 is 11.5 Å². The fourth-order valence-electron chi connectivity index (χ4n) is 2.96. The number of hydrogen-bond acceptors (Lipinski definition) is 4. The van der Waals surface area contributed by atoms with Gasteiger partial charge in [-0.25, -0.2) is 8.78 Å². The minimum Gasteiger partial charge on any atom is -0.398 e. The Morgan fingerprint density at radius 2 is 1.96 bits per heavy atom. The van der Waals surface area contributed by atoms with Crippen molar-refractivity contribution in [1.29, 1.82) is 0 Å². The van der Waals surface area contributed by atoms with Crippen molar-refractivity contribution in [1.82, 2.24) is 5.32 Å². The highest BCUT2D eigenvalue weighted by Gasteiger charge is 2.33. The van der Waals surface area contributed by atoms with E-state index in [1.807, 2.05) is 0 Å². The Kier molecular flexibility index (Phi) is 4.90. The number of nitrogen functional groups attached to an aromatic ring is 1. The van der Waals surface area contributed by atoms with Gasteiger partial charge in [-0.3, -0.25) is 9.79 Å². The summed E-state index contributed by atoms with van der Waals surface area (Å²) < 4.78 is 28.3. The SMILES string of the molecule is Nc1c(C=Nc2ccc(C3(F)CCCNC3)cc2)ccc(F)c1C=O. The summed E-state index contributed by atoms with van der Waals surface area (Å²) in [5, 5.41) is 3.08. The fourth-order valence-corrected chi connectivity index (χ4v) is 2.96. The summed E-state index contributed by atoms with van der Waals surface area (Å²) >= 11 is 0. The number of nitrogens with one attached hydrogen (secondary N) is 1. The lowest BCUT2D eigenvalue weighted by Crippen LogP contribution is -2.39. The van der Waals surface area contributed by atoms with Gasteiger partial charge >= 0.3 is 0 Å². The molecule has 1 aliphatic heterocycles. The van der Waals surface area contributed by atoms with Gasteiger partial charge in [0.15, 0.2) is 6.29 Å². The van der Waals surface area contributed by atoms with Crippen LogP contribution in [0.5, 0.6) is 0 Å². The molecule has 3 N–H and O–H groups in total. The Morgan fingerprint density at radius 3 is 2.60 bits per heavy atom. The number of anilines is 1. The molecule has 0 amide bonds. The highest BCUT2D eigenvalue weighted by Crippen LogP contribution is 2.33. The van der Waals surface area contributed by atoms with Crippen LogP contribution in [0.1, 0.15) is 34.3 Å². The molecule has 4 nitrogen and oxygen atoms in total. The van der Waals surface area contributed by atoms with Gasteiger partial charge in [0, 0.05) is 18.3 Å². The Bertz CT molecular complexity index is 797. The Balaban J connectivity index is 1.80. The average Bonchev–Trinajstić information content (AvgIpc) is 2.62. The second-order valence-corrected chi connectivity index (χ2v) is 6.13. The van der Waals surface area contributed by atoms with Crippen LogP contribution in [0.25, 0.3) is 0 Å². The Labute approximate surface area is 144 Å². The van der Waals surface area contributed by atoms with Crippen LogP contribution in [0, 0.1) is 5.82 Å². The van der Waals surface area contributed by atoms with Crippen LogP contribution in [0.15, 0.2) is 41.4 Å². The zero-order valence-electron chi connectivity index (χ0n) is 13.6. The number of carbonyl (C=O) groups is 1. The van der Waals surface area contributed by atoms with Gasteiger partial charge in [0.1, 0.15) is 11.5 Å². The maximum absolute atomic E-state index is 14.9. The Hall–Kier alpha value is -2.60. The largest absolute Gasteiger partial charge is 0.398 e. The van der Waals surface area contributed by atoms with Crippen molar-refractivity contribution < 1.29 is 13.6 Å². The van der Waals surface area contributed by atoms with Crippen LogP contribution in [0.3, 0.4) is 0 Å². The molecule has 2 aromatic carbocycles. The molecule has 130 valence electrons. The summed E-state index contributed by atoms with van der Waals surface area (Å²) in [6, 6.07) is 9.53. The minimum absolute atomic E-state index is 0.0476. The quantitative estimate of drug-likeness (QED) is 0.507. The van der Waals surface area contributed by atoms with Crippen molar-refractivity contribution in [3.8, 4) is 0 Å². The van der Waals surface area contributed by atoms with E-state index >= 15 is 0 Å². The number of rotatable bonds is 4. The van der Waals surface area contributed by atoms with Crippen LogP contribution in [-0.2, 0) is 5.67 Å². The first-order chi connectivity index (χ1) is 12.0. The molecule has 1 fully saturated rings. The number of benzene rings is 2. The molecule has 0 radical (unpaired) electrons. The number of carbonyl (C=O) groups excluding carboxylic acids is 1. The predicted octanol–water partition coefficient (Wildman–Crippen LogP) is 3.52. The summed E-state index contributed by atoms with van der Waals surface area (Å²) in [5.41, 5.74) is 6.00. The summed E-state index contributed by atoms with van der Waals surface area (Å²) in [5.74, 6) is -0.664. The second kappa shape index (κ2) is 7.11. The second-order valence-electron chi connectivity index (χ2n) is 6.13. The van der Waals surface area contributed by atoms with E-state index in [0.29, 0.717) is 36.1 Å². The maximum Gasteiger partial charge on any atom is 0.155 e. The molecular weight excluding hydrogens is 324 g/mol. The molecule has 2 aromatic rings. The molecule has 0 aromatic heterocycles. The van der Waals surface area contributed by atoms with Gasteiger partial charge < -0.3 is 11.1 Å². The van der Waals surface area contributed by atoms with Crippen LogP contribution < -0.4 is 11.1 Å². The van der Waals surface area contributed by atoms with Crippen LogP contribution in [-0.4, -0.2) is 25.6 Å². The zero-order valence-corrected chi connectivity index (χ0v) is 13.6. The van der Waals surface area contributed by atoms with E-state index in [1.165, 1.54) is 18.3 Å². The molecule has 1 saturated heterocycles.